The predicted octanol–water partition coefficient (Wildman–Crippen LogP) is 1.94. The van der Waals surface area contributed by atoms with Crippen molar-refractivity contribution in [3.8, 4) is 23.1 Å². The summed E-state index contributed by atoms with van der Waals surface area (Å²) in [4.78, 5) is 7.87. The lowest BCUT2D eigenvalue weighted by atomic mass is 10.0. The van der Waals surface area contributed by atoms with Crippen LogP contribution in [0.15, 0.2) is 18.5 Å². The molecule has 28 heavy (non-hydrogen) atoms. The van der Waals surface area contributed by atoms with Gasteiger partial charge in [-0.3, -0.25) is 4.90 Å². The summed E-state index contributed by atoms with van der Waals surface area (Å²) in [5, 5.41) is 14.9. The number of aromatic hydroxyl groups is 1. The van der Waals surface area contributed by atoms with Crippen molar-refractivity contribution < 1.29 is 24.1 Å². The second-order valence-electron chi connectivity index (χ2n) is 6.25. The average Bonchev–Trinajstić information content (AvgIpc) is 3.31. The molecule has 1 aliphatic heterocycles. The Morgan fingerprint density at radius 3 is 2.36 bits per heavy atom. The van der Waals surface area contributed by atoms with E-state index in [1.165, 1.54) is 22.2 Å². The van der Waals surface area contributed by atoms with Crippen LogP contribution in [0.3, 0.4) is 0 Å². The van der Waals surface area contributed by atoms with E-state index in [-0.39, 0.29) is 11.9 Å². The fourth-order valence-corrected chi connectivity index (χ4v) is 4.59. The van der Waals surface area contributed by atoms with Crippen LogP contribution in [0.2, 0.25) is 0 Å². The van der Waals surface area contributed by atoms with Crippen molar-refractivity contribution in [3.05, 3.63) is 28.9 Å². The topological polar surface area (TPSA) is 90.6 Å². The summed E-state index contributed by atoms with van der Waals surface area (Å²) >= 11 is 1.41. The first-order valence-corrected chi connectivity index (χ1v) is 9.62. The van der Waals surface area contributed by atoms with Crippen molar-refractivity contribution >= 4 is 16.3 Å². The summed E-state index contributed by atoms with van der Waals surface area (Å²) in [6, 6.07) is 3.60. The molecule has 4 rings (SSSR count). The van der Waals surface area contributed by atoms with Crippen molar-refractivity contribution in [1.29, 1.82) is 0 Å². The molecule has 0 saturated carbocycles. The molecule has 1 aliphatic rings. The summed E-state index contributed by atoms with van der Waals surface area (Å²) in [5.74, 6) is 1.74. The third-order valence-electron chi connectivity index (χ3n) is 4.80. The van der Waals surface area contributed by atoms with Crippen LogP contribution in [0.4, 0.5) is 0 Å². The molecular formula is C18H22N4O5S. The van der Waals surface area contributed by atoms with Crippen molar-refractivity contribution in [1.82, 2.24) is 19.5 Å². The quantitative estimate of drug-likeness (QED) is 0.664. The highest BCUT2D eigenvalue weighted by Crippen LogP contribution is 2.45. The first kappa shape index (κ1) is 18.8. The van der Waals surface area contributed by atoms with Gasteiger partial charge in [0.05, 0.1) is 45.5 Å². The summed E-state index contributed by atoms with van der Waals surface area (Å²) in [5.41, 5.74) is 0.913. The maximum atomic E-state index is 10.8. The molecule has 1 atom stereocenters. The maximum Gasteiger partial charge on any atom is 0.230 e. The number of hydrogen-bond acceptors (Lipinski definition) is 9. The summed E-state index contributed by atoms with van der Waals surface area (Å²) in [7, 11) is 4.75. The number of fused-ring (bicyclic) bond motifs is 1. The van der Waals surface area contributed by atoms with Crippen LogP contribution in [0.25, 0.3) is 4.96 Å². The Bertz CT molecular complexity index is 941. The minimum Gasteiger partial charge on any atom is -0.493 e. The summed E-state index contributed by atoms with van der Waals surface area (Å²) < 4.78 is 23.5. The number of benzene rings is 1. The van der Waals surface area contributed by atoms with Crippen LogP contribution in [-0.4, -0.2) is 72.2 Å². The highest BCUT2D eigenvalue weighted by molar-refractivity contribution is 7.17. The maximum absolute atomic E-state index is 10.8. The number of nitrogens with zero attached hydrogens (tertiary/aromatic N) is 4. The van der Waals surface area contributed by atoms with Gasteiger partial charge >= 0.3 is 0 Å². The molecule has 1 fully saturated rings. The highest BCUT2D eigenvalue weighted by atomic mass is 32.1. The molecule has 2 aromatic heterocycles. The number of aromatic nitrogens is 3. The lowest BCUT2D eigenvalue weighted by molar-refractivity contribution is 0.0240. The molecule has 150 valence electrons. The van der Waals surface area contributed by atoms with Crippen LogP contribution < -0.4 is 14.2 Å². The fourth-order valence-electron chi connectivity index (χ4n) is 3.50. The highest BCUT2D eigenvalue weighted by Gasteiger charge is 2.32. The summed E-state index contributed by atoms with van der Waals surface area (Å²) in [6.45, 7) is 2.72. The Labute approximate surface area is 166 Å². The lowest BCUT2D eigenvalue weighted by Crippen LogP contribution is -2.39. The Balaban J connectivity index is 1.88. The van der Waals surface area contributed by atoms with Crippen LogP contribution in [0.5, 0.6) is 23.1 Å². The van der Waals surface area contributed by atoms with E-state index in [1.807, 2.05) is 12.1 Å². The van der Waals surface area contributed by atoms with Gasteiger partial charge in [-0.2, -0.15) is 9.61 Å². The van der Waals surface area contributed by atoms with Gasteiger partial charge in [-0.25, -0.2) is 4.98 Å². The molecule has 3 aromatic rings. The molecule has 0 aliphatic carbocycles. The molecule has 10 heteroatoms. The third kappa shape index (κ3) is 3.13. The average molecular weight is 406 g/mol. The van der Waals surface area contributed by atoms with E-state index >= 15 is 0 Å². The minimum atomic E-state index is -0.230. The molecule has 0 bridgehead atoms. The van der Waals surface area contributed by atoms with Crippen LogP contribution in [0, 0.1) is 0 Å². The third-order valence-corrected chi connectivity index (χ3v) is 5.89. The molecule has 0 amide bonds. The largest absolute Gasteiger partial charge is 0.493 e. The lowest BCUT2D eigenvalue weighted by Gasteiger charge is -2.34. The van der Waals surface area contributed by atoms with Gasteiger partial charge in [0, 0.05) is 13.1 Å². The van der Waals surface area contributed by atoms with Gasteiger partial charge in [0.25, 0.3) is 0 Å². The SMILES string of the molecule is COc1cc([C@@H](c2sc3ncnn3c2O)N2CCOCC2)cc(OC)c1OC. The van der Waals surface area contributed by atoms with E-state index in [4.69, 9.17) is 18.9 Å². The molecule has 0 radical (unpaired) electrons. The number of ether oxygens (including phenoxy) is 4. The Hall–Kier alpha value is -2.56. The first-order valence-electron chi connectivity index (χ1n) is 8.81. The zero-order chi connectivity index (χ0) is 19.7. The second-order valence-corrected chi connectivity index (χ2v) is 7.26. The van der Waals surface area contributed by atoms with Gasteiger partial charge in [0.2, 0.25) is 16.6 Å². The van der Waals surface area contributed by atoms with Gasteiger partial charge in [-0.05, 0) is 17.7 Å². The number of rotatable bonds is 6. The summed E-state index contributed by atoms with van der Waals surface area (Å²) in [6.07, 6.45) is 1.43. The fraction of sp³-hybridized carbons (Fsp3) is 0.444. The number of hydrogen-bond donors (Lipinski definition) is 1. The normalized spacial score (nSPS) is 16.2. The molecule has 1 saturated heterocycles. The zero-order valence-electron chi connectivity index (χ0n) is 15.9. The van der Waals surface area contributed by atoms with Crippen molar-refractivity contribution in [2.45, 2.75) is 6.04 Å². The Kier molecular flexibility index (Phi) is 5.25. The van der Waals surface area contributed by atoms with Gasteiger partial charge in [-0.15, -0.1) is 0 Å². The van der Waals surface area contributed by atoms with E-state index in [0.29, 0.717) is 35.4 Å². The molecule has 0 unspecified atom stereocenters. The Morgan fingerprint density at radius 2 is 1.79 bits per heavy atom. The molecule has 1 aromatic carbocycles. The van der Waals surface area contributed by atoms with Crippen molar-refractivity contribution in [3.63, 3.8) is 0 Å². The van der Waals surface area contributed by atoms with E-state index in [0.717, 1.165) is 23.5 Å². The number of morpholine rings is 1. The number of thiazole rings is 1. The Morgan fingerprint density at radius 1 is 1.11 bits per heavy atom. The van der Waals surface area contributed by atoms with E-state index in [1.54, 1.807) is 21.3 Å². The molecular weight excluding hydrogens is 384 g/mol. The van der Waals surface area contributed by atoms with Crippen LogP contribution in [-0.2, 0) is 4.74 Å². The predicted molar refractivity (Wildman–Crippen MR) is 103 cm³/mol. The van der Waals surface area contributed by atoms with Crippen molar-refractivity contribution in [2.24, 2.45) is 0 Å². The molecule has 9 nitrogen and oxygen atoms in total. The van der Waals surface area contributed by atoms with Gasteiger partial charge in [0.15, 0.2) is 11.5 Å². The minimum absolute atomic E-state index is 0.0859. The standard InChI is InChI=1S/C18H22N4O5S/c1-24-12-8-11(9-13(25-2)15(12)26-3)14(21-4-6-27-7-5-21)16-17(23)22-18(28-16)19-10-20-22/h8-10,14,23H,4-7H2,1-3H3/t14-/m0/s1. The smallest absolute Gasteiger partial charge is 0.230 e. The van der Waals surface area contributed by atoms with Gasteiger partial charge in [0.1, 0.15) is 6.33 Å². The first-order chi connectivity index (χ1) is 13.7. The van der Waals surface area contributed by atoms with Gasteiger partial charge in [-0.1, -0.05) is 11.3 Å². The molecule has 0 spiro atoms. The molecule has 1 N–H and O–H groups in total. The van der Waals surface area contributed by atoms with Crippen LogP contribution >= 0.6 is 11.3 Å². The van der Waals surface area contributed by atoms with Crippen molar-refractivity contribution in [2.75, 3.05) is 47.6 Å². The van der Waals surface area contributed by atoms with Gasteiger partial charge < -0.3 is 24.1 Å². The van der Waals surface area contributed by atoms with E-state index < -0.39 is 0 Å². The zero-order valence-corrected chi connectivity index (χ0v) is 16.7. The number of methoxy groups -OCH3 is 3. The molecule has 3 heterocycles. The van der Waals surface area contributed by atoms with E-state index in [2.05, 4.69) is 15.0 Å². The van der Waals surface area contributed by atoms with E-state index in [9.17, 15) is 5.11 Å². The second kappa shape index (κ2) is 7.82. The monoisotopic (exact) mass is 406 g/mol. The van der Waals surface area contributed by atoms with Crippen LogP contribution in [0.1, 0.15) is 16.5 Å².